The summed E-state index contributed by atoms with van der Waals surface area (Å²) >= 11 is 0. The number of benzene rings is 1. The van der Waals surface area contributed by atoms with E-state index in [1.54, 1.807) is 18.6 Å². The minimum Gasteiger partial charge on any atom is -0.379 e. The number of ether oxygens (including phenoxy) is 1. The number of nitrogens with zero attached hydrogens (tertiary/aromatic N) is 3. The Kier molecular flexibility index (Phi) is 4.34. The van der Waals surface area contributed by atoms with Gasteiger partial charge in [-0.05, 0) is 30.7 Å². The molecule has 5 nitrogen and oxygen atoms in total. The number of aromatic amines is 1. The molecular formula is C22H16F2N4O. The van der Waals surface area contributed by atoms with E-state index in [4.69, 9.17) is 4.74 Å². The summed E-state index contributed by atoms with van der Waals surface area (Å²) in [7, 11) is 0. The second-order valence-corrected chi connectivity index (χ2v) is 6.92. The van der Waals surface area contributed by atoms with Crippen molar-refractivity contribution in [1.82, 2.24) is 19.7 Å². The Bertz CT molecular complexity index is 1260. The van der Waals surface area contributed by atoms with Crippen molar-refractivity contribution in [3.63, 3.8) is 0 Å². The smallest absolute Gasteiger partial charge is 0.139 e. The molecule has 29 heavy (non-hydrogen) atoms. The number of pyridine rings is 1. The summed E-state index contributed by atoms with van der Waals surface area (Å²) in [6.07, 6.45) is 8.23. The highest BCUT2D eigenvalue weighted by atomic mass is 19.1. The molecular weight excluding hydrogens is 374 g/mol. The molecule has 0 spiro atoms. The molecule has 1 aromatic carbocycles. The van der Waals surface area contributed by atoms with Crippen molar-refractivity contribution in [2.24, 2.45) is 0 Å². The lowest BCUT2D eigenvalue weighted by Gasteiger charge is -2.06. The molecule has 0 bridgehead atoms. The molecule has 1 unspecified atom stereocenters. The summed E-state index contributed by atoms with van der Waals surface area (Å²) in [5, 5.41) is 5.26. The van der Waals surface area contributed by atoms with E-state index in [0.29, 0.717) is 17.8 Å². The monoisotopic (exact) mass is 390 g/mol. The first-order chi connectivity index (χ1) is 14.2. The van der Waals surface area contributed by atoms with Crippen LogP contribution in [0.4, 0.5) is 8.78 Å². The average molecular weight is 390 g/mol. The summed E-state index contributed by atoms with van der Waals surface area (Å²) in [6.45, 7) is 1.43. The number of nitrogens with one attached hydrogen (secondary N) is 1. The van der Waals surface area contributed by atoms with Gasteiger partial charge in [0.05, 0.1) is 30.0 Å². The fourth-order valence-corrected chi connectivity index (χ4v) is 3.41. The Morgan fingerprint density at radius 3 is 2.86 bits per heavy atom. The van der Waals surface area contributed by atoms with Crippen LogP contribution in [0.3, 0.4) is 0 Å². The lowest BCUT2D eigenvalue weighted by atomic mass is 10.1. The van der Waals surface area contributed by atoms with E-state index < -0.39 is 11.6 Å². The standard InChI is InChI=1S/C22H16F2N4O/c23-18-3-4-21(24)14(7-18)1-2-15-9-25-22-20(15)8-16(10-26-22)17-11-27-28(12-17)19-5-6-29-13-19/h3-4,7-12,19H,5-6,13H2,(H,25,26). The fourth-order valence-electron chi connectivity index (χ4n) is 3.41. The van der Waals surface area contributed by atoms with Crippen molar-refractivity contribution in [2.45, 2.75) is 12.5 Å². The van der Waals surface area contributed by atoms with Crippen LogP contribution in [0.2, 0.25) is 0 Å². The lowest BCUT2D eigenvalue weighted by Crippen LogP contribution is -2.08. The maximum Gasteiger partial charge on any atom is 0.139 e. The van der Waals surface area contributed by atoms with Gasteiger partial charge in [-0.1, -0.05) is 11.8 Å². The van der Waals surface area contributed by atoms with E-state index >= 15 is 0 Å². The Labute approximate surface area is 165 Å². The van der Waals surface area contributed by atoms with Crippen LogP contribution in [0, 0.1) is 23.5 Å². The molecule has 144 valence electrons. The molecule has 1 saturated heterocycles. The molecule has 0 aliphatic carbocycles. The van der Waals surface area contributed by atoms with E-state index in [1.807, 2.05) is 16.9 Å². The van der Waals surface area contributed by atoms with E-state index in [-0.39, 0.29) is 11.6 Å². The SMILES string of the molecule is Fc1ccc(F)c(C#Cc2c[nH]c3ncc(-c4cnn(C5CCOC5)c4)cc23)c1. The summed E-state index contributed by atoms with van der Waals surface area (Å²) < 4.78 is 34.5. The van der Waals surface area contributed by atoms with Crippen LogP contribution in [-0.2, 0) is 4.74 Å². The third-order valence-corrected chi connectivity index (χ3v) is 5.01. The first kappa shape index (κ1) is 17.6. The van der Waals surface area contributed by atoms with Crippen molar-refractivity contribution in [1.29, 1.82) is 0 Å². The maximum atomic E-state index is 13.8. The first-order valence-corrected chi connectivity index (χ1v) is 9.24. The van der Waals surface area contributed by atoms with Crippen LogP contribution in [0.5, 0.6) is 0 Å². The van der Waals surface area contributed by atoms with Gasteiger partial charge in [0.1, 0.15) is 17.3 Å². The Morgan fingerprint density at radius 1 is 1.10 bits per heavy atom. The van der Waals surface area contributed by atoms with Gasteiger partial charge in [0.2, 0.25) is 0 Å². The largest absolute Gasteiger partial charge is 0.379 e. The third-order valence-electron chi connectivity index (χ3n) is 5.01. The Morgan fingerprint density at radius 2 is 2.00 bits per heavy atom. The van der Waals surface area contributed by atoms with Gasteiger partial charge in [-0.3, -0.25) is 4.68 Å². The van der Waals surface area contributed by atoms with E-state index in [0.717, 1.165) is 47.7 Å². The average Bonchev–Trinajstić information content (AvgIpc) is 3.48. The molecule has 1 atom stereocenters. The fraction of sp³-hybridized carbons (Fsp3) is 0.182. The third kappa shape index (κ3) is 3.39. The topological polar surface area (TPSA) is 55.7 Å². The van der Waals surface area contributed by atoms with Gasteiger partial charge in [0.25, 0.3) is 0 Å². The molecule has 1 fully saturated rings. The molecule has 0 saturated carbocycles. The quantitative estimate of drug-likeness (QED) is 0.525. The van der Waals surface area contributed by atoms with Gasteiger partial charge < -0.3 is 9.72 Å². The number of halogens is 2. The molecule has 0 radical (unpaired) electrons. The summed E-state index contributed by atoms with van der Waals surface area (Å²) in [5.41, 5.74) is 3.21. The van der Waals surface area contributed by atoms with Crippen molar-refractivity contribution in [3.05, 3.63) is 71.8 Å². The van der Waals surface area contributed by atoms with Crippen molar-refractivity contribution in [2.75, 3.05) is 13.2 Å². The highest BCUT2D eigenvalue weighted by Crippen LogP contribution is 2.26. The first-order valence-electron chi connectivity index (χ1n) is 9.24. The zero-order chi connectivity index (χ0) is 19.8. The van der Waals surface area contributed by atoms with E-state index in [9.17, 15) is 8.78 Å². The van der Waals surface area contributed by atoms with Crippen LogP contribution in [0.15, 0.2) is 49.1 Å². The molecule has 1 N–H and O–H groups in total. The second kappa shape index (κ2) is 7.15. The van der Waals surface area contributed by atoms with Crippen molar-refractivity contribution in [3.8, 4) is 23.0 Å². The second-order valence-electron chi connectivity index (χ2n) is 6.92. The van der Waals surface area contributed by atoms with Crippen molar-refractivity contribution >= 4 is 11.0 Å². The highest BCUT2D eigenvalue weighted by Gasteiger charge is 2.18. The maximum absolute atomic E-state index is 13.8. The minimum absolute atomic E-state index is 0.0172. The zero-order valence-corrected chi connectivity index (χ0v) is 15.3. The zero-order valence-electron chi connectivity index (χ0n) is 15.3. The number of fused-ring (bicyclic) bond motifs is 1. The molecule has 1 aliphatic rings. The van der Waals surface area contributed by atoms with Gasteiger partial charge in [-0.25, -0.2) is 13.8 Å². The summed E-state index contributed by atoms with van der Waals surface area (Å²) in [4.78, 5) is 7.51. The molecule has 4 aromatic rings. The van der Waals surface area contributed by atoms with Gasteiger partial charge in [0, 0.05) is 41.7 Å². The van der Waals surface area contributed by atoms with Gasteiger partial charge in [-0.2, -0.15) is 5.10 Å². The highest BCUT2D eigenvalue weighted by molar-refractivity contribution is 5.87. The van der Waals surface area contributed by atoms with E-state index in [1.165, 1.54) is 0 Å². The molecule has 3 aromatic heterocycles. The van der Waals surface area contributed by atoms with Crippen LogP contribution >= 0.6 is 0 Å². The predicted molar refractivity (Wildman–Crippen MR) is 104 cm³/mol. The predicted octanol–water partition coefficient (Wildman–Crippen LogP) is 4.07. The summed E-state index contributed by atoms with van der Waals surface area (Å²) in [6, 6.07) is 5.45. The Hall–Kier alpha value is -3.50. The van der Waals surface area contributed by atoms with Gasteiger partial charge >= 0.3 is 0 Å². The minimum atomic E-state index is -0.555. The number of hydrogen-bond donors (Lipinski definition) is 1. The van der Waals surface area contributed by atoms with E-state index in [2.05, 4.69) is 26.9 Å². The normalized spacial score (nSPS) is 16.1. The number of aromatic nitrogens is 4. The number of H-pyrrole nitrogens is 1. The van der Waals surface area contributed by atoms with Crippen LogP contribution in [0.25, 0.3) is 22.2 Å². The number of hydrogen-bond acceptors (Lipinski definition) is 3. The van der Waals surface area contributed by atoms with Gasteiger partial charge in [-0.15, -0.1) is 0 Å². The summed E-state index contributed by atoms with van der Waals surface area (Å²) in [5.74, 6) is 4.54. The number of rotatable bonds is 2. The van der Waals surface area contributed by atoms with Gasteiger partial charge in [0.15, 0.2) is 0 Å². The molecule has 5 rings (SSSR count). The van der Waals surface area contributed by atoms with Crippen LogP contribution in [0.1, 0.15) is 23.6 Å². The van der Waals surface area contributed by atoms with Crippen molar-refractivity contribution < 1.29 is 13.5 Å². The molecule has 1 aliphatic heterocycles. The molecule has 0 amide bonds. The van der Waals surface area contributed by atoms with Crippen LogP contribution < -0.4 is 0 Å². The van der Waals surface area contributed by atoms with Crippen LogP contribution in [-0.4, -0.2) is 33.0 Å². The molecule has 7 heteroatoms. The Balaban J connectivity index is 1.50. The lowest BCUT2D eigenvalue weighted by molar-refractivity contribution is 0.184. The molecule has 4 heterocycles.